The minimum atomic E-state index is 0.652. The van der Waals surface area contributed by atoms with Crippen molar-refractivity contribution in [3.05, 3.63) is 34.9 Å². The zero-order valence-electron chi connectivity index (χ0n) is 12.2. The number of aryl methyl sites for hydroxylation is 2. The summed E-state index contributed by atoms with van der Waals surface area (Å²) in [5.41, 5.74) is 7.78. The van der Waals surface area contributed by atoms with Crippen molar-refractivity contribution in [2.45, 2.75) is 65.6 Å². The van der Waals surface area contributed by atoms with Gasteiger partial charge in [0.1, 0.15) is 0 Å². The van der Waals surface area contributed by atoms with Crippen molar-refractivity contribution >= 4 is 0 Å². The fourth-order valence-corrected chi connectivity index (χ4v) is 2.90. The van der Waals surface area contributed by atoms with Gasteiger partial charge in [-0.15, -0.1) is 0 Å². The molecular weight excluding hydrogens is 220 g/mol. The standard InChI is InChI=1S/C16H26N2/c1-12-8-9-13(2)16(10-12)11-17-18-14(3)6-5-7-15(18)4/h8-10,14-15,17H,5-7,11H2,1-4H3. The van der Waals surface area contributed by atoms with E-state index < -0.39 is 0 Å². The van der Waals surface area contributed by atoms with E-state index in [1.165, 1.54) is 36.0 Å². The molecule has 100 valence electrons. The van der Waals surface area contributed by atoms with E-state index in [4.69, 9.17) is 0 Å². The topological polar surface area (TPSA) is 15.3 Å². The summed E-state index contributed by atoms with van der Waals surface area (Å²) >= 11 is 0. The molecule has 2 unspecified atom stereocenters. The maximum absolute atomic E-state index is 3.64. The third kappa shape index (κ3) is 3.12. The Morgan fingerprint density at radius 2 is 1.83 bits per heavy atom. The van der Waals surface area contributed by atoms with Crippen molar-refractivity contribution in [2.24, 2.45) is 0 Å². The van der Waals surface area contributed by atoms with E-state index in [1.54, 1.807) is 0 Å². The van der Waals surface area contributed by atoms with Crippen molar-refractivity contribution < 1.29 is 0 Å². The number of nitrogens with zero attached hydrogens (tertiary/aromatic N) is 1. The number of nitrogens with one attached hydrogen (secondary N) is 1. The first kappa shape index (κ1) is 13.6. The fourth-order valence-electron chi connectivity index (χ4n) is 2.90. The summed E-state index contributed by atoms with van der Waals surface area (Å²) < 4.78 is 0. The lowest BCUT2D eigenvalue weighted by atomic mass is 9.99. The van der Waals surface area contributed by atoms with Gasteiger partial charge in [0.15, 0.2) is 0 Å². The predicted molar refractivity (Wildman–Crippen MR) is 77.4 cm³/mol. The highest BCUT2D eigenvalue weighted by Gasteiger charge is 2.24. The minimum Gasteiger partial charge on any atom is -0.250 e. The molecule has 2 atom stereocenters. The Bertz CT molecular complexity index is 390. The third-order valence-electron chi connectivity index (χ3n) is 4.15. The summed E-state index contributed by atoms with van der Waals surface area (Å²) in [4.78, 5) is 0. The molecule has 2 heteroatoms. The van der Waals surface area contributed by atoms with Gasteiger partial charge in [-0.05, 0) is 51.7 Å². The summed E-state index contributed by atoms with van der Waals surface area (Å²) in [6.45, 7) is 9.95. The van der Waals surface area contributed by atoms with Gasteiger partial charge in [0.25, 0.3) is 0 Å². The zero-order chi connectivity index (χ0) is 13.1. The number of rotatable bonds is 3. The molecule has 1 aliphatic rings. The van der Waals surface area contributed by atoms with Gasteiger partial charge >= 0.3 is 0 Å². The molecule has 2 nitrogen and oxygen atoms in total. The van der Waals surface area contributed by atoms with Gasteiger partial charge in [0, 0.05) is 18.6 Å². The Hall–Kier alpha value is -0.860. The fraction of sp³-hybridized carbons (Fsp3) is 0.625. The van der Waals surface area contributed by atoms with Crippen LogP contribution in [0.1, 0.15) is 49.8 Å². The van der Waals surface area contributed by atoms with E-state index in [2.05, 4.69) is 56.3 Å². The molecule has 1 fully saturated rings. The molecule has 1 aliphatic heterocycles. The monoisotopic (exact) mass is 246 g/mol. The van der Waals surface area contributed by atoms with E-state index in [0.29, 0.717) is 12.1 Å². The van der Waals surface area contributed by atoms with Crippen LogP contribution in [0, 0.1) is 13.8 Å². The van der Waals surface area contributed by atoms with Crippen molar-refractivity contribution in [2.75, 3.05) is 0 Å². The first-order valence-corrected chi connectivity index (χ1v) is 7.16. The SMILES string of the molecule is Cc1ccc(C)c(CNN2C(C)CCCC2C)c1. The van der Waals surface area contributed by atoms with E-state index in [1.807, 2.05) is 0 Å². The van der Waals surface area contributed by atoms with Gasteiger partial charge in [0.2, 0.25) is 0 Å². The van der Waals surface area contributed by atoms with E-state index in [-0.39, 0.29) is 0 Å². The van der Waals surface area contributed by atoms with Gasteiger partial charge in [-0.25, -0.2) is 5.01 Å². The summed E-state index contributed by atoms with van der Waals surface area (Å²) in [5.74, 6) is 0. The molecule has 0 radical (unpaired) electrons. The van der Waals surface area contributed by atoms with Gasteiger partial charge in [-0.2, -0.15) is 0 Å². The molecule has 1 N–H and O–H groups in total. The Labute approximate surface area is 111 Å². The van der Waals surface area contributed by atoms with Crippen molar-refractivity contribution in [1.29, 1.82) is 0 Å². The average molecular weight is 246 g/mol. The van der Waals surface area contributed by atoms with Crippen LogP contribution in [0.3, 0.4) is 0 Å². The second-order valence-corrected chi connectivity index (χ2v) is 5.80. The molecule has 18 heavy (non-hydrogen) atoms. The quantitative estimate of drug-likeness (QED) is 0.877. The molecule has 0 saturated carbocycles. The number of hydrogen-bond donors (Lipinski definition) is 1. The second kappa shape index (κ2) is 5.85. The number of piperidine rings is 1. The van der Waals surface area contributed by atoms with E-state index in [0.717, 1.165) is 6.54 Å². The highest BCUT2D eigenvalue weighted by atomic mass is 15.5. The molecule has 1 aromatic rings. The zero-order valence-corrected chi connectivity index (χ0v) is 12.2. The van der Waals surface area contributed by atoms with Crippen LogP contribution in [0.5, 0.6) is 0 Å². The summed E-state index contributed by atoms with van der Waals surface area (Å²) in [6, 6.07) is 8.00. The summed E-state index contributed by atoms with van der Waals surface area (Å²) in [6.07, 6.45) is 3.98. The molecule has 1 aromatic carbocycles. The van der Waals surface area contributed by atoms with Crippen LogP contribution in [-0.4, -0.2) is 17.1 Å². The molecule has 0 aromatic heterocycles. The Kier molecular flexibility index (Phi) is 4.41. The van der Waals surface area contributed by atoms with Crippen LogP contribution >= 0.6 is 0 Å². The number of benzene rings is 1. The van der Waals surface area contributed by atoms with Crippen LogP contribution in [-0.2, 0) is 6.54 Å². The third-order valence-corrected chi connectivity index (χ3v) is 4.15. The second-order valence-electron chi connectivity index (χ2n) is 5.80. The van der Waals surface area contributed by atoms with E-state index in [9.17, 15) is 0 Å². The maximum atomic E-state index is 3.64. The van der Waals surface area contributed by atoms with Gasteiger partial charge in [0.05, 0.1) is 0 Å². The van der Waals surface area contributed by atoms with Crippen molar-refractivity contribution in [1.82, 2.24) is 10.4 Å². The molecule has 2 rings (SSSR count). The Balaban J connectivity index is 1.99. The molecule has 0 spiro atoms. The Morgan fingerprint density at radius 3 is 2.50 bits per heavy atom. The Morgan fingerprint density at radius 1 is 1.17 bits per heavy atom. The first-order chi connectivity index (χ1) is 8.58. The lowest BCUT2D eigenvalue weighted by Crippen LogP contribution is -2.51. The number of hydrazine groups is 1. The summed E-state index contributed by atoms with van der Waals surface area (Å²) in [5, 5.41) is 2.45. The molecule has 0 bridgehead atoms. The molecular formula is C16H26N2. The normalized spacial score (nSPS) is 25.3. The lowest BCUT2D eigenvalue weighted by Gasteiger charge is -2.39. The molecule has 1 saturated heterocycles. The largest absolute Gasteiger partial charge is 0.250 e. The van der Waals surface area contributed by atoms with Crippen LogP contribution < -0.4 is 5.43 Å². The number of hydrogen-bond acceptors (Lipinski definition) is 2. The minimum absolute atomic E-state index is 0.652. The van der Waals surface area contributed by atoms with Crippen LogP contribution in [0.15, 0.2) is 18.2 Å². The average Bonchev–Trinajstić information content (AvgIpc) is 2.33. The van der Waals surface area contributed by atoms with Crippen molar-refractivity contribution in [3.63, 3.8) is 0 Å². The van der Waals surface area contributed by atoms with Crippen LogP contribution in [0.4, 0.5) is 0 Å². The van der Waals surface area contributed by atoms with E-state index >= 15 is 0 Å². The summed E-state index contributed by atoms with van der Waals surface area (Å²) in [7, 11) is 0. The van der Waals surface area contributed by atoms with Crippen LogP contribution in [0.25, 0.3) is 0 Å². The smallest absolute Gasteiger partial charge is 0.0356 e. The first-order valence-electron chi connectivity index (χ1n) is 7.16. The van der Waals surface area contributed by atoms with Gasteiger partial charge in [-0.3, -0.25) is 5.43 Å². The van der Waals surface area contributed by atoms with Gasteiger partial charge < -0.3 is 0 Å². The van der Waals surface area contributed by atoms with Crippen LogP contribution in [0.2, 0.25) is 0 Å². The van der Waals surface area contributed by atoms with Crippen molar-refractivity contribution in [3.8, 4) is 0 Å². The van der Waals surface area contributed by atoms with Gasteiger partial charge in [-0.1, -0.05) is 30.2 Å². The molecule has 0 amide bonds. The lowest BCUT2D eigenvalue weighted by molar-refractivity contribution is 0.0435. The maximum Gasteiger partial charge on any atom is 0.0356 e. The highest BCUT2D eigenvalue weighted by molar-refractivity contribution is 5.30. The molecule has 0 aliphatic carbocycles. The molecule has 1 heterocycles. The predicted octanol–water partition coefficient (Wildman–Crippen LogP) is 3.57. The highest BCUT2D eigenvalue weighted by Crippen LogP contribution is 2.21.